The molecule has 0 bridgehead atoms. The van der Waals surface area contributed by atoms with Gasteiger partial charge in [0.1, 0.15) is 12.1 Å². The number of nitrogens with one attached hydrogen (secondary N) is 1. The van der Waals surface area contributed by atoms with Gasteiger partial charge in [-0.1, -0.05) is 57.3 Å². The second-order valence-corrected chi connectivity index (χ2v) is 9.69. The van der Waals surface area contributed by atoms with Crippen molar-refractivity contribution in [1.82, 2.24) is 24.5 Å². The number of aromatic amines is 1. The topological polar surface area (TPSA) is 188 Å². The predicted octanol–water partition coefficient (Wildman–Crippen LogP) is 2.87. The first-order valence-corrected chi connectivity index (χ1v) is 12.5. The van der Waals surface area contributed by atoms with E-state index in [1.165, 1.54) is 18.2 Å². The first-order chi connectivity index (χ1) is 18.4. The minimum Gasteiger partial charge on any atom is -0.441 e. The van der Waals surface area contributed by atoms with Crippen molar-refractivity contribution in [3.8, 4) is 23.4 Å². The number of halogens is 3. The molecule has 13 nitrogen and oxygen atoms in total. The summed E-state index contributed by atoms with van der Waals surface area (Å²) >= 11 is 12.8. The van der Waals surface area contributed by atoms with Crippen molar-refractivity contribution in [1.29, 1.82) is 5.26 Å². The molecule has 2 heterocycles. The highest BCUT2D eigenvalue weighted by Crippen LogP contribution is 2.37. The summed E-state index contributed by atoms with van der Waals surface area (Å²) in [7, 11) is 0. The molecule has 0 fully saturated rings. The van der Waals surface area contributed by atoms with E-state index in [0.717, 1.165) is 9.36 Å². The number of nitrogens with two attached hydrogens (primary N) is 1. The van der Waals surface area contributed by atoms with Crippen LogP contribution in [0, 0.1) is 17.2 Å². The molecule has 0 saturated heterocycles. The van der Waals surface area contributed by atoms with E-state index in [2.05, 4.69) is 10.2 Å². The number of H-pyrrole nitrogens is 1. The third-order valence-corrected chi connectivity index (χ3v) is 6.39. The fourth-order valence-corrected chi connectivity index (χ4v) is 3.87. The Kier molecular flexibility index (Phi) is 11.0. The van der Waals surface area contributed by atoms with Gasteiger partial charge >= 0.3 is 11.7 Å². The number of hydrogen-bond donors (Lipinski definition) is 2. The minimum absolute atomic E-state index is 0. The number of rotatable bonds is 9. The van der Waals surface area contributed by atoms with Crippen molar-refractivity contribution in [3.05, 3.63) is 70.7 Å². The molecule has 0 aliphatic heterocycles. The Labute approximate surface area is 243 Å². The van der Waals surface area contributed by atoms with E-state index in [-0.39, 0.29) is 51.6 Å². The van der Waals surface area contributed by atoms with Gasteiger partial charge in [-0.05, 0) is 24.0 Å². The van der Waals surface area contributed by atoms with Gasteiger partial charge in [-0.3, -0.25) is 19.4 Å². The number of esters is 1. The van der Waals surface area contributed by atoms with Gasteiger partial charge in [0, 0.05) is 11.6 Å². The van der Waals surface area contributed by atoms with Crippen LogP contribution in [0.3, 0.4) is 0 Å². The van der Waals surface area contributed by atoms with Gasteiger partial charge in [-0.15, -0.1) is 22.6 Å². The molecule has 0 aliphatic rings. The normalized spacial score (nSPS) is 12.3. The third-order valence-electron chi connectivity index (χ3n) is 5.83. The van der Waals surface area contributed by atoms with Gasteiger partial charge < -0.3 is 15.2 Å². The number of nitriles is 1. The molecule has 16 heteroatoms. The number of nitrogens with zero attached hydrogens (tertiary/aromatic N) is 5. The SMILES string of the molecule is CC[C@H](C)[C@H](N)C(=O)OCn1nc(Oc2c(Cl)cc(-n3nc(C#N)c(=O)[nH]c3=O)cc2Cl)cc(C(C)C)c1=O.Cl. The van der Waals surface area contributed by atoms with Gasteiger partial charge in [0.2, 0.25) is 11.6 Å². The lowest BCUT2D eigenvalue weighted by atomic mass is 10.0. The fourth-order valence-electron chi connectivity index (χ4n) is 3.31. The number of hydrogen-bond acceptors (Lipinski definition) is 10. The predicted molar refractivity (Wildman–Crippen MR) is 149 cm³/mol. The Morgan fingerprint density at radius 1 is 1.15 bits per heavy atom. The summed E-state index contributed by atoms with van der Waals surface area (Å²) < 4.78 is 12.7. The zero-order valence-electron chi connectivity index (χ0n) is 21.8. The molecule has 0 amide bonds. The smallest absolute Gasteiger partial charge is 0.349 e. The molecule has 40 heavy (non-hydrogen) atoms. The molecule has 0 radical (unpaired) electrons. The summed E-state index contributed by atoms with van der Waals surface area (Å²) in [5, 5.41) is 16.7. The lowest BCUT2D eigenvalue weighted by Crippen LogP contribution is -2.39. The average molecular weight is 615 g/mol. The monoisotopic (exact) mass is 613 g/mol. The zero-order valence-corrected chi connectivity index (χ0v) is 24.1. The molecule has 0 saturated carbocycles. The fraction of sp³-hybridized carbons (Fsp3) is 0.375. The number of benzene rings is 1. The van der Waals surface area contributed by atoms with Gasteiger partial charge in [0.05, 0.1) is 15.7 Å². The van der Waals surface area contributed by atoms with Gasteiger partial charge in [0.15, 0.2) is 12.5 Å². The summed E-state index contributed by atoms with van der Waals surface area (Å²) in [5.41, 5.74) is 3.38. The third kappa shape index (κ3) is 7.08. The first-order valence-electron chi connectivity index (χ1n) is 11.7. The average Bonchev–Trinajstić information content (AvgIpc) is 2.89. The van der Waals surface area contributed by atoms with Gasteiger partial charge in [0.25, 0.3) is 11.1 Å². The molecule has 3 aromatic rings. The van der Waals surface area contributed by atoms with Crippen LogP contribution in [0.15, 0.2) is 32.6 Å². The second kappa shape index (κ2) is 13.6. The van der Waals surface area contributed by atoms with E-state index >= 15 is 0 Å². The van der Waals surface area contributed by atoms with Crippen molar-refractivity contribution in [2.45, 2.75) is 52.8 Å². The van der Waals surface area contributed by atoms with Crippen LogP contribution >= 0.6 is 35.6 Å². The Hall–Kier alpha value is -3.70. The lowest BCUT2D eigenvalue weighted by molar-refractivity contribution is -0.151. The van der Waals surface area contributed by atoms with Crippen LogP contribution < -0.4 is 27.3 Å². The number of carbonyl (C=O) groups excluding carboxylic acids is 1. The van der Waals surface area contributed by atoms with Crippen LogP contribution in [0.25, 0.3) is 5.69 Å². The summed E-state index contributed by atoms with van der Waals surface area (Å²) in [5.74, 6) is -1.19. The Morgan fingerprint density at radius 2 is 1.77 bits per heavy atom. The highest BCUT2D eigenvalue weighted by Gasteiger charge is 2.22. The van der Waals surface area contributed by atoms with Crippen LogP contribution in [0.2, 0.25) is 10.0 Å². The summed E-state index contributed by atoms with van der Waals surface area (Å²) in [6, 6.07) is 4.67. The van der Waals surface area contributed by atoms with Crippen molar-refractivity contribution in [3.63, 3.8) is 0 Å². The van der Waals surface area contributed by atoms with E-state index in [0.29, 0.717) is 12.0 Å². The number of aromatic nitrogens is 5. The van der Waals surface area contributed by atoms with Crippen LogP contribution in [0.5, 0.6) is 11.6 Å². The molecule has 0 aliphatic carbocycles. The molecule has 3 N–H and O–H groups in total. The first kappa shape index (κ1) is 32.5. The van der Waals surface area contributed by atoms with Gasteiger partial charge in [-0.2, -0.15) is 14.6 Å². The van der Waals surface area contributed by atoms with Crippen LogP contribution in [-0.2, 0) is 16.3 Å². The molecule has 0 unspecified atom stereocenters. The van der Waals surface area contributed by atoms with E-state index in [1.807, 2.05) is 18.8 Å². The lowest BCUT2D eigenvalue weighted by Gasteiger charge is -2.18. The summed E-state index contributed by atoms with van der Waals surface area (Å²) in [6.07, 6.45) is 0.669. The molecular formula is C24H26Cl3N7O6. The molecule has 2 atom stereocenters. The number of ether oxygens (including phenoxy) is 2. The Balaban J connectivity index is 0.00000560. The largest absolute Gasteiger partial charge is 0.441 e. The maximum absolute atomic E-state index is 12.9. The maximum atomic E-state index is 12.9. The molecule has 214 valence electrons. The van der Waals surface area contributed by atoms with Crippen molar-refractivity contribution in [2.75, 3.05) is 0 Å². The standard InChI is InChI=1S/C24H25Cl2N7O6.ClH/c1-5-12(4)19(28)23(36)38-10-32-22(35)14(11(2)3)8-18(31-32)39-20-15(25)6-13(7-16(20)26)33-24(37)29-21(34)17(9-27)30-33;/h6-8,11-12,19H,5,10,28H2,1-4H3,(H,29,34,37);1H/t12-,19-;/m0./s1. The van der Waals surface area contributed by atoms with Crippen LogP contribution in [0.4, 0.5) is 0 Å². The highest BCUT2D eigenvalue weighted by atomic mass is 35.5. The van der Waals surface area contributed by atoms with E-state index in [9.17, 15) is 19.2 Å². The molecule has 3 rings (SSSR count). The molecular weight excluding hydrogens is 589 g/mol. The second-order valence-electron chi connectivity index (χ2n) is 8.87. The van der Waals surface area contributed by atoms with Crippen molar-refractivity contribution < 1.29 is 14.3 Å². The Morgan fingerprint density at radius 3 is 2.33 bits per heavy atom. The highest BCUT2D eigenvalue weighted by molar-refractivity contribution is 6.37. The van der Waals surface area contributed by atoms with E-state index in [1.54, 1.807) is 19.9 Å². The summed E-state index contributed by atoms with van der Waals surface area (Å²) in [6.45, 7) is 6.78. The zero-order chi connectivity index (χ0) is 29.0. The van der Waals surface area contributed by atoms with E-state index < -0.39 is 41.2 Å². The Bertz CT molecular complexity index is 1600. The van der Waals surface area contributed by atoms with Crippen LogP contribution in [-0.4, -0.2) is 36.6 Å². The number of carbonyl (C=O) groups is 1. The molecule has 2 aromatic heterocycles. The molecule has 1 aromatic carbocycles. The summed E-state index contributed by atoms with van der Waals surface area (Å²) in [4.78, 5) is 51.1. The molecule has 0 spiro atoms. The quantitative estimate of drug-likeness (QED) is 0.339. The maximum Gasteiger partial charge on any atom is 0.349 e. The van der Waals surface area contributed by atoms with Gasteiger partial charge in [-0.25, -0.2) is 4.79 Å². The van der Waals surface area contributed by atoms with Crippen LogP contribution in [0.1, 0.15) is 51.3 Å². The van der Waals surface area contributed by atoms with Crippen molar-refractivity contribution in [2.24, 2.45) is 11.7 Å². The van der Waals surface area contributed by atoms with Crippen molar-refractivity contribution >= 4 is 41.6 Å². The minimum atomic E-state index is -0.939. The van der Waals surface area contributed by atoms with E-state index in [4.69, 9.17) is 43.7 Å².